The monoisotopic (exact) mass is 435 g/mol. The van der Waals surface area contributed by atoms with Crippen molar-refractivity contribution >= 4 is 17.3 Å². The molecule has 0 amide bonds. The molecule has 0 aliphatic carbocycles. The maximum absolute atomic E-state index is 6.45. The highest BCUT2D eigenvalue weighted by Crippen LogP contribution is 2.33. The van der Waals surface area contributed by atoms with E-state index in [-0.39, 0.29) is 12.4 Å². The van der Waals surface area contributed by atoms with Gasteiger partial charge in [-0.15, -0.1) is 0 Å². The molecule has 3 rings (SSSR count). The van der Waals surface area contributed by atoms with Gasteiger partial charge in [0.1, 0.15) is 6.54 Å². The van der Waals surface area contributed by atoms with Crippen molar-refractivity contribution in [3.63, 3.8) is 0 Å². The zero-order chi connectivity index (χ0) is 19.9. The first-order valence-electron chi connectivity index (χ1n) is 10.3. The Balaban J connectivity index is 0.00000300. The lowest BCUT2D eigenvalue weighted by Gasteiger charge is -2.21. The average Bonchev–Trinajstić information content (AvgIpc) is 2.72. The number of benzene rings is 2. The van der Waals surface area contributed by atoms with E-state index in [1.165, 1.54) is 48.1 Å². The number of halogens is 2. The topological polar surface area (TPSA) is 21.5 Å². The van der Waals surface area contributed by atoms with Crippen molar-refractivity contribution in [3.8, 4) is 11.5 Å². The quantitative estimate of drug-likeness (QED) is 0.446. The molecule has 0 radical (unpaired) electrons. The molecule has 5 heteroatoms. The van der Waals surface area contributed by atoms with Crippen molar-refractivity contribution in [1.82, 2.24) is 0 Å². The number of rotatable bonds is 9. The van der Waals surface area contributed by atoms with Gasteiger partial charge in [-0.3, -0.25) is 0 Å². The molecule has 0 bridgehead atoms. The molecular formula is C24H31Cl2NO2. The minimum Gasteiger partial charge on any atom is -1.00 e. The largest absolute Gasteiger partial charge is 1.00 e. The molecule has 29 heavy (non-hydrogen) atoms. The Morgan fingerprint density at radius 3 is 2.41 bits per heavy atom. The van der Waals surface area contributed by atoms with E-state index < -0.39 is 0 Å². The Bertz CT molecular complexity index is 849. The minimum atomic E-state index is 0. The van der Waals surface area contributed by atoms with E-state index in [4.69, 9.17) is 21.1 Å². The summed E-state index contributed by atoms with van der Waals surface area (Å²) in [6, 6.07) is 12.5. The lowest BCUT2D eigenvalue weighted by Crippen LogP contribution is -3.00. The summed E-state index contributed by atoms with van der Waals surface area (Å²) >= 11 is 6.45. The summed E-state index contributed by atoms with van der Waals surface area (Å²) in [6.45, 7) is 4.09. The van der Waals surface area contributed by atoms with Crippen LogP contribution in [0.15, 0.2) is 36.4 Å². The van der Waals surface area contributed by atoms with Crippen LogP contribution < -0.4 is 21.9 Å². The van der Waals surface area contributed by atoms with Gasteiger partial charge in [0, 0.05) is 24.0 Å². The molecular weight excluding hydrogens is 405 g/mol. The van der Waals surface area contributed by atoms with Crippen LogP contribution in [0.5, 0.6) is 11.5 Å². The Morgan fingerprint density at radius 1 is 1.00 bits per heavy atom. The maximum Gasteiger partial charge on any atom is 0.184 e. The van der Waals surface area contributed by atoms with Crippen molar-refractivity contribution in [2.45, 2.75) is 52.0 Å². The Morgan fingerprint density at radius 2 is 1.72 bits per heavy atom. The fraction of sp³-hybridized carbons (Fsp3) is 0.458. The van der Waals surface area contributed by atoms with Crippen LogP contribution in [0.1, 0.15) is 55.7 Å². The van der Waals surface area contributed by atoms with Gasteiger partial charge < -0.3 is 21.9 Å². The van der Waals surface area contributed by atoms with Gasteiger partial charge in [-0.25, -0.2) is 4.58 Å². The third kappa shape index (κ3) is 5.67. The van der Waals surface area contributed by atoms with E-state index in [1.54, 1.807) is 14.2 Å². The number of nitrogens with zero attached hydrogens (tertiary/aromatic N) is 1. The number of hydrogen-bond acceptors (Lipinski definition) is 2. The van der Waals surface area contributed by atoms with Gasteiger partial charge in [0.2, 0.25) is 0 Å². The summed E-state index contributed by atoms with van der Waals surface area (Å²) in [6.07, 6.45) is 7.08. The second-order valence-electron chi connectivity index (χ2n) is 7.38. The maximum atomic E-state index is 6.45. The molecule has 3 nitrogen and oxygen atoms in total. The number of methoxy groups -OCH3 is 2. The molecule has 1 aliphatic heterocycles. The second-order valence-corrected chi connectivity index (χ2v) is 7.79. The van der Waals surface area contributed by atoms with E-state index in [2.05, 4.69) is 35.8 Å². The predicted octanol–water partition coefficient (Wildman–Crippen LogP) is 2.89. The lowest BCUT2D eigenvalue weighted by molar-refractivity contribution is -0.545. The van der Waals surface area contributed by atoms with Crippen molar-refractivity contribution in [3.05, 3.63) is 58.1 Å². The summed E-state index contributed by atoms with van der Waals surface area (Å²) in [4.78, 5) is 0. The average molecular weight is 436 g/mol. The predicted molar refractivity (Wildman–Crippen MR) is 116 cm³/mol. The molecule has 0 saturated heterocycles. The van der Waals surface area contributed by atoms with Gasteiger partial charge >= 0.3 is 0 Å². The molecule has 1 aliphatic rings. The molecule has 0 aromatic heterocycles. The fourth-order valence-corrected chi connectivity index (χ4v) is 4.17. The number of unbranched alkanes of at least 4 members (excludes halogenated alkanes) is 3. The number of ether oxygens (including phenoxy) is 2. The Kier molecular flexibility index (Phi) is 9.32. The van der Waals surface area contributed by atoms with Crippen molar-refractivity contribution in [1.29, 1.82) is 0 Å². The van der Waals surface area contributed by atoms with Crippen LogP contribution in [0.3, 0.4) is 0 Å². The first kappa shape index (κ1) is 23.6. The first-order valence-corrected chi connectivity index (χ1v) is 10.6. The molecule has 1 heterocycles. The summed E-state index contributed by atoms with van der Waals surface area (Å²) < 4.78 is 13.6. The zero-order valence-corrected chi connectivity index (χ0v) is 19.2. The Hall–Kier alpha value is -1.71. The summed E-state index contributed by atoms with van der Waals surface area (Å²) in [5, 5.41) is 0.839. The smallest absolute Gasteiger partial charge is 0.184 e. The fourth-order valence-electron chi connectivity index (χ4n) is 3.98. The lowest BCUT2D eigenvalue weighted by atomic mass is 9.92. The summed E-state index contributed by atoms with van der Waals surface area (Å²) in [5.41, 5.74) is 5.23. The van der Waals surface area contributed by atoms with E-state index in [9.17, 15) is 0 Å². The highest BCUT2D eigenvalue weighted by atomic mass is 35.5. The summed E-state index contributed by atoms with van der Waals surface area (Å²) in [5.74, 6) is 1.61. The Labute approximate surface area is 186 Å². The second kappa shape index (κ2) is 11.5. The molecule has 0 unspecified atom stereocenters. The van der Waals surface area contributed by atoms with Crippen LogP contribution in [0.25, 0.3) is 0 Å². The van der Waals surface area contributed by atoms with Crippen LogP contribution in [0.2, 0.25) is 5.02 Å². The molecule has 2 aromatic rings. The van der Waals surface area contributed by atoms with Gasteiger partial charge in [-0.2, -0.15) is 0 Å². The van der Waals surface area contributed by atoms with Crippen LogP contribution in [-0.4, -0.2) is 31.1 Å². The summed E-state index contributed by atoms with van der Waals surface area (Å²) in [7, 11) is 3.40. The van der Waals surface area contributed by atoms with Crippen LogP contribution in [-0.2, 0) is 13.0 Å². The van der Waals surface area contributed by atoms with Gasteiger partial charge in [0.05, 0.1) is 19.2 Å². The zero-order valence-electron chi connectivity index (χ0n) is 17.6. The van der Waals surface area contributed by atoms with Gasteiger partial charge in [0.25, 0.3) is 0 Å². The van der Waals surface area contributed by atoms with Gasteiger partial charge in [-0.1, -0.05) is 56.0 Å². The van der Waals surface area contributed by atoms with Crippen LogP contribution in [0, 0.1) is 0 Å². The molecule has 158 valence electrons. The highest BCUT2D eigenvalue weighted by Gasteiger charge is 2.28. The van der Waals surface area contributed by atoms with Crippen molar-refractivity contribution < 1.29 is 26.5 Å². The normalized spacial score (nSPS) is 13.0. The van der Waals surface area contributed by atoms with Gasteiger partial charge in [0.15, 0.2) is 23.8 Å². The molecule has 0 N–H and O–H groups in total. The molecule has 0 atom stereocenters. The first-order chi connectivity index (χ1) is 13.7. The van der Waals surface area contributed by atoms with Gasteiger partial charge in [-0.05, 0) is 30.2 Å². The van der Waals surface area contributed by atoms with Crippen molar-refractivity contribution in [2.24, 2.45) is 0 Å². The molecule has 0 saturated carbocycles. The molecule has 0 spiro atoms. The number of fused-ring (bicyclic) bond motifs is 1. The minimum absolute atomic E-state index is 0. The van der Waals surface area contributed by atoms with E-state index in [0.717, 1.165) is 42.5 Å². The number of hydrogen-bond donors (Lipinski definition) is 0. The molecule has 2 aromatic carbocycles. The van der Waals surface area contributed by atoms with Crippen LogP contribution in [0.4, 0.5) is 0 Å². The SMILES string of the molecule is CCCCCCC1=[N+](Cc2ccccc2Cl)CCc2cc(OC)c(OC)cc21.[Cl-]. The standard InChI is InChI=1S/C24H31ClNO2.ClH/c1-4-5-6-7-12-22-20-16-24(28-3)23(27-2)15-18(20)13-14-26(22)17-19-10-8-9-11-21(19)25;/h8-11,15-16H,4-7,12-14,17H2,1-3H3;1H/q+1;/p-1. The third-order valence-corrected chi connectivity index (χ3v) is 5.91. The van der Waals surface area contributed by atoms with E-state index in [1.807, 2.05) is 12.1 Å². The van der Waals surface area contributed by atoms with Crippen molar-refractivity contribution in [2.75, 3.05) is 20.8 Å². The van der Waals surface area contributed by atoms with E-state index >= 15 is 0 Å². The molecule has 0 fully saturated rings. The third-order valence-electron chi connectivity index (χ3n) is 5.54. The van der Waals surface area contributed by atoms with E-state index in [0.29, 0.717) is 0 Å². The highest BCUT2D eigenvalue weighted by molar-refractivity contribution is 6.31. The van der Waals surface area contributed by atoms with Crippen LogP contribution >= 0.6 is 11.6 Å².